The minimum Gasteiger partial charge on any atom is -0.458 e. The highest BCUT2D eigenvalue weighted by atomic mass is 16.3. The maximum atomic E-state index is 12.3. The Labute approximate surface area is 117 Å². The van der Waals surface area contributed by atoms with Gasteiger partial charge < -0.3 is 14.6 Å². The van der Waals surface area contributed by atoms with Crippen molar-refractivity contribution in [2.75, 3.05) is 13.1 Å². The number of hydrogen-bond donors (Lipinski definition) is 1. The Kier molecular flexibility index (Phi) is 3.34. The van der Waals surface area contributed by atoms with Crippen LogP contribution in [0.5, 0.6) is 0 Å². The number of furan rings is 1. The molecule has 0 aromatic carbocycles. The number of nitrogens with zero attached hydrogens (tertiary/aromatic N) is 1. The summed E-state index contributed by atoms with van der Waals surface area (Å²) in [5.74, 6) is 0.609. The molecule has 1 amide bonds. The predicted octanol–water partition coefficient (Wildman–Crippen LogP) is 1.64. The van der Waals surface area contributed by atoms with Gasteiger partial charge in [0.2, 0.25) is 5.78 Å². The first-order valence-electron chi connectivity index (χ1n) is 7.02. The van der Waals surface area contributed by atoms with Gasteiger partial charge in [0.1, 0.15) is 11.5 Å². The van der Waals surface area contributed by atoms with E-state index in [2.05, 4.69) is 5.32 Å². The zero-order valence-electron chi connectivity index (χ0n) is 11.5. The van der Waals surface area contributed by atoms with Crippen molar-refractivity contribution in [2.45, 2.75) is 32.2 Å². The zero-order chi connectivity index (χ0) is 14.1. The van der Waals surface area contributed by atoms with Gasteiger partial charge in [-0.2, -0.15) is 0 Å². The third-order valence-corrected chi connectivity index (χ3v) is 3.91. The van der Waals surface area contributed by atoms with Crippen LogP contribution in [0.15, 0.2) is 28.3 Å². The molecule has 20 heavy (non-hydrogen) atoms. The molecule has 1 aromatic rings. The Bertz CT molecular complexity index is 573. The number of ketones is 1. The lowest BCUT2D eigenvalue weighted by Crippen LogP contribution is -2.55. The van der Waals surface area contributed by atoms with Crippen LogP contribution >= 0.6 is 0 Å². The van der Waals surface area contributed by atoms with Gasteiger partial charge in [0.25, 0.3) is 5.91 Å². The van der Waals surface area contributed by atoms with E-state index in [0.29, 0.717) is 11.5 Å². The van der Waals surface area contributed by atoms with E-state index in [4.69, 9.17) is 4.42 Å². The van der Waals surface area contributed by atoms with Crippen LogP contribution in [0, 0.1) is 6.92 Å². The van der Waals surface area contributed by atoms with Crippen molar-refractivity contribution in [3.05, 3.63) is 35.4 Å². The van der Waals surface area contributed by atoms with Gasteiger partial charge in [-0.25, -0.2) is 0 Å². The number of amides is 1. The van der Waals surface area contributed by atoms with Crippen LogP contribution in [-0.4, -0.2) is 35.7 Å². The van der Waals surface area contributed by atoms with E-state index in [0.717, 1.165) is 25.9 Å². The van der Waals surface area contributed by atoms with E-state index in [1.807, 2.05) is 4.90 Å². The van der Waals surface area contributed by atoms with Gasteiger partial charge in [-0.3, -0.25) is 9.59 Å². The van der Waals surface area contributed by atoms with Crippen molar-refractivity contribution >= 4 is 11.7 Å². The number of hydrogen-bond acceptors (Lipinski definition) is 4. The average Bonchev–Trinajstić information content (AvgIpc) is 2.89. The number of nitrogens with one attached hydrogen (secondary N) is 1. The minimum absolute atomic E-state index is 0.0717. The van der Waals surface area contributed by atoms with Crippen molar-refractivity contribution in [3.8, 4) is 0 Å². The summed E-state index contributed by atoms with van der Waals surface area (Å²) in [5, 5.41) is 3.08. The van der Waals surface area contributed by atoms with Crippen LogP contribution in [0.4, 0.5) is 0 Å². The van der Waals surface area contributed by atoms with E-state index < -0.39 is 0 Å². The third kappa shape index (κ3) is 2.35. The molecule has 0 radical (unpaired) electrons. The highest BCUT2D eigenvalue weighted by molar-refractivity contribution is 6.08. The van der Waals surface area contributed by atoms with Gasteiger partial charge in [-0.05, 0) is 38.3 Å². The van der Waals surface area contributed by atoms with Crippen molar-refractivity contribution in [3.63, 3.8) is 0 Å². The molecule has 1 aromatic heterocycles. The Balaban J connectivity index is 1.78. The maximum Gasteiger partial charge on any atom is 0.270 e. The molecular weight excluding hydrogens is 256 g/mol. The molecule has 5 heteroatoms. The summed E-state index contributed by atoms with van der Waals surface area (Å²) in [4.78, 5) is 26.3. The first kappa shape index (κ1) is 13.0. The summed E-state index contributed by atoms with van der Waals surface area (Å²) in [6, 6.07) is 3.64. The Morgan fingerprint density at radius 3 is 3.05 bits per heavy atom. The summed E-state index contributed by atoms with van der Waals surface area (Å²) in [6.07, 6.45) is 4.60. The molecule has 2 fully saturated rings. The molecule has 0 saturated carbocycles. The number of piperidine rings is 1. The van der Waals surface area contributed by atoms with E-state index >= 15 is 0 Å². The highest BCUT2D eigenvalue weighted by Crippen LogP contribution is 2.22. The largest absolute Gasteiger partial charge is 0.458 e. The van der Waals surface area contributed by atoms with Crippen molar-refractivity contribution in [1.82, 2.24) is 10.2 Å². The SMILES string of the molecule is Cc1ccc(C(=O)C=C2NCC3CCCCN3C2=O)o1. The molecule has 2 saturated heterocycles. The van der Waals surface area contributed by atoms with Gasteiger partial charge in [0.15, 0.2) is 5.76 Å². The molecule has 1 unspecified atom stereocenters. The van der Waals surface area contributed by atoms with Crippen molar-refractivity contribution < 1.29 is 14.0 Å². The van der Waals surface area contributed by atoms with Crippen LogP contribution < -0.4 is 5.32 Å². The Hall–Kier alpha value is -2.04. The second-order valence-electron chi connectivity index (χ2n) is 5.36. The fraction of sp³-hybridized carbons (Fsp3) is 0.467. The lowest BCUT2D eigenvalue weighted by molar-refractivity contribution is -0.132. The van der Waals surface area contributed by atoms with Crippen molar-refractivity contribution in [1.29, 1.82) is 0 Å². The molecule has 3 heterocycles. The molecule has 5 nitrogen and oxygen atoms in total. The van der Waals surface area contributed by atoms with Crippen LogP contribution in [-0.2, 0) is 4.79 Å². The molecule has 0 aliphatic carbocycles. The fourth-order valence-electron chi connectivity index (χ4n) is 2.82. The smallest absolute Gasteiger partial charge is 0.270 e. The van der Waals surface area contributed by atoms with Crippen LogP contribution in [0.2, 0.25) is 0 Å². The van der Waals surface area contributed by atoms with Gasteiger partial charge in [-0.1, -0.05) is 0 Å². The summed E-state index contributed by atoms with van der Waals surface area (Å²) in [6.45, 7) is 3.30. The quantitative estimate of drug-likeness (QED) is 0.658. The molecule has 106 valence electrons. The van der Waals surface area contributed by atoms with Gasteiger partial charge >= 0.3 is 0 Å². The minimum atomic E-state index is -0.274. The first-order chi connectivity index (χ1) is 9.65. The summed E-state index contributed by atoms with van der Waals surface area (Å²) in [5.41, 5.74) is 0.377. The zero-order valence-corrected chi connectivity index (χ0v) is 11.5. The second-order valence-corrected chi connectivity index (χ2v) is 5.36. The van der Waals surface area contributed by atoms with E-state index in [9.17, 15) is 9.59 Å². The van der Waals surface area contributed by atoms with Crippen LogP contribution in [0.25, 0.3) is 0 Å². The predicted molar refractivity (Wildman–Crippen MR) is 73.2 cm³/mol. The topological polar surface area (TPSA) is 62.6 Å². The summed E-state index contributed by atoms with van der Waals surface area (Å²) in [7, 11) is 0. The van der Waals surface area contributed by atoms with E-state index in [-0.39, 0.29) is 23.5 Å². The van der Waals surface area contributed by atoms with Gasteiger partial charge in [-0.15, -0.1) is 0 Å². The van der Waals surface area contributed by atoms with Crippen LogP contribution in [0.3, 0.4) is 0 Å². The number of fused-ring (bicyclic) bond motifs is 1. The second kappa shape index (κ2) is 5.15. The molecule has 3 rings (SSSR count). The normalized spacial score (nSPS) is 24.4. The molecule has 1 atom stereocenters. The van der Waals surface area contributed by atoms with E-state index in [1.54, 1.807) is 19.1 Å². The van der Waals surface area contributed by atoms with Gasteiger partial charge in [0, 0.05) is 25.2 Å². The monoisotopic (exact) mass is 274 g/mol. The van der Waals surface area contributed by atoms with Crippen molar-refractivity contribution in [2.24, 2.45) is 0 Å². The Morgan fingerprint density at radius 1 is 1.45 bits per heavy atom. The third-order valence-electron chi connectivity index (χ3n) is 3.91. The molecular formula is C15H18N2O3. The number of rotatable bonds is 2. The number of piperazine rings is 1. The van der Waals surface area contributed by atoms with E-state index in [1.165, 1.54) is 12.5 Å². The summed E-state index contributed by atoms with van der Waals surface area (Å²) < 4.78 is 5.28. The number of allylic oxidation sites excluding steroid dienone is 1. The molecule has 0 bridgehead atoms. The van der Waals surface area contributed by atoms with Crippen LogP contribution in [0.1, 0.15) is 35.6 Å². The average molecular weight is 274 g/mol. The highest BCUT2D eigenvalue weighted by Gasteiger charge is 2.33. The maximum absolute atomic E-state index is 12.3. The Morgan fingerprint density at radius 2 is 2.30 bits per heavy atom. The number of carbonyl (C=O) groups excluding carboxylic acids is 2. The van der Waals surface area contributed by atoms with Gasteiger partial charge in [0.05, 0.1) is 0 Å². The summed E-state index contributed by atoms with van der Waals surface area (Å²) >= 11 is 0. The molecule has 0 spiro atoms. The molecule has 2 aliphatic heterocycles. The lowest BCUT2D eigenvalue weighted by atomic mass is 9.99. The standard InChI is InChI=1S/C15H18N2O3/c1-10-5-6-14(20-10)13(18)8-12-15(19)17-7-3-2-4-11(17)9-16-12/h5-6,8,11,16H,2-4,7,9H2,1H3. The molecule has 1 N–H and O–H groups in total. The number of aryl methyl sites for hydroxylation is 1. The number of carbonyl (C=O) groups is 2. The fourth-order valence-corrected chi connectivity index (χ4v) is 2.82. The molecule has 2 aliphatic rings. The first-order valence-corrected chi connectivity index (χ1v) is 7.02. The lowest BCUT2D eigenvalue weighted by Gasteiger charge is -2.40.